The molecule has 0 amide bonds. The summed E-state index contributed by atoms with van der Waals surface area (Å²) in [6, 6.07) is 0. The van der Waals surface area contributed by atoms with E-state index >= 15 is 0 Å². The molecule has 0 spiro atoms. The van der Waals surface area contributed by atoms with E-state index in [2.05, 4.69) is 9.53 Å². The third kappa shape index (κ3) is 97.5. The largest absolute Gasteiger partial charge is 1.00 e. The van der Waals surface area contributed by atoms with Gasteiger partial charge in [0.05, 0.1) is 126 Å². The Balaban J connectivity index is -0.000000112. The smallest absolute Gasteiger partial charge is 0.870 e. The van der Waals surface area contributed by atoms with Gasteiger partial charge >= 0.3 is 54.9 Å². The van der Waals surface area contributed by atoms with Gasteiger partial charge in [-0.3, -0.25) is 4.79 Å². The average molecular weight is 1320 g/mol. The zero-order chi connectivity index (χ0) is 54.0. The van der Waals surface area contributed by atoms with Crippen LogP contribution in [-0.2, 0) is 99.8 Å². The molecule has 5 N–H and O–H groups in total. The average Bonchev–Trinajstić information content (AvgIpc) is 3.22. The zero-order valence-electron chi connectivity index (χ0n) is 46.9. The molecule has 0 saturated heterocycles. The van der Waals surface area contributed by atoms with Crippen LogP contribution < -0.4 is 18.9 Å². The SMILES string of the molecule is CC(=O)COCCOCCOCCOCC(=O)OC(C)(C)C.CC(C)(C)OC(=O)C=[N+]=[N-].CC(C)(C)OC(=O)COCCOCCOCCOCC(=O)O.CCOC(=O)COCCOCCOCCO.O.[CH3-].[Li+].[OH-].[U]. The van der Waals surface area contributed by atoms with Crippen molar-refractivity contribution in [3.05, 3.63) is 13.0 Å². The van der Waals surface area contributed by atoms with Crippen LogP contribution in [0.5, 0.6) is 0 Å². The number of aliphatic carboxylic acids is 1. The summed E-state index contributed by atoms with van der Waals surface area (Å²) in [5.74, 6) is -2.81. The third-order valence-corrected chi connectivity index (χ3v) is 6.12. The Morgan fingerprint density at radius 3 is 1.00 bits per heavy atom. The second kappa shape index (κ2) is 64.0. The molecule has 0 aromatic carbocycles. The van der Waals surface area contributed by atoms with E-state index in [4.69, 9.17) is 82.1 Å². The number of carboxylic acid groups (broad SMARTS) is 1. The van der Waals surface area contributed by atoms with E-state index in [1.165, 1.54) is 6.92 Å². The van der Waals surface area contributed by atoms with Crippen LogP contribution >= 0.6 is 0 Å². The molecule has 0 bridgehead atoms. The summed E-state index contributed by atoms with van der Waals surface area (Å²) in [5, 5.41) is 16.7. The molecule has 27 nitrogen and oxygen atoms in total. The normalized spacial score (nSPS) is 10.2. The quantitative estimate of drug-likeness (QED) is 0.01000. The summed E-state index contributed by atoms with van der Waals surface area (Å²) in [6.07, 6.45) is 0.714. The first-order chi connectivity index (χ1) is 32.9. The number of ether oxygens (including phenoxy) is 15. The van der Waals surface area contributed by atoms with Gasteiger partial charge in [0.2, 0.25) is 0 Å². The fraction of sp³-hybridized carbons (Fsp3) is 0.826. The van der Waals surface area contributed by atoms with Gasteiger partial charge in [-0.25, -0.2) is 24.0 Å². The second-order valence-corrected chi connectivity index (χ2v) is 16.5. The summed E-state index contributed by atoms with van der Waals surface area (Å²) < 4.78 is 75.6. The van der Waals surface area contributed by atoms with Crippen molar-refractivity contribution >= 4 is 41.8 Å². The number of carbonyl (C=O) groups excluding carboxylic acids is 5. The van der Waals surface area contributed by atoms with E-state index in [9.17, 15) is 28.8 Å². The van der Waals surface area contributed by atoms with Crippen LogP contribution in [0.1, 0.15) is 76.2 Å². The Hall–Kier alpha value is -2.51. The standard InChI is InChI=1S/C15H28O7.C14H26O8.C10H20O6.C6H10N2O2.CH3.Li.2H2O.U/c1-13(16)11-20-9-7-18-5-6-19-8-10-21-12-14(17)22-15(2,3)4;1-14(2,3)22-13(17)11-21-9-7-19-5-4-18-6-8-20-10-12(15)16;1-2-16-10(12)9-15-8-7-14-6-5-13-4-3-11;1-6(2,3)10-5(9)4-8-7;;;;;/h5-12H2,1-4H3;4-11H2,1-3H3,(H,15,16);11H,2-9H2,1H3;4H,1-3H3;1H3;;2*1H2;/q;;;;-1;+1;;;/p-1. The summed E-state index contributed by atoms with van der Waals surface area (Å²) in [5.41, 5.74) is 6.36. The first-order valence-corrected chi connectivity index (χ1v) is 22.6. The van der Waals surface area contributed by atoms with Gasteiger partial charge in [0.15, 0.2) is 5.78 Å². The van der Waals surface area contributed by atoms with Crippen molar-refractivity contribution in [3.63, 3.8) is 0 Å². The minimum Gasteiger partial charge on any atom is -0.870 e. The molecule has 0 unspecified atom stereocenters. The Kier molecular flexibility index (Phi) is 78.5. The molecule has 0 atom stereocenters. The number of aliphatic hydroxyl groups is 1. The molecule has 0 heterocycles. The minimum atomic E-state index is -1.00. The van der Waals surface area contributed by atoms with E-state index in [-0.39, 0.29) is 132 Å². The van der Waals surface area contributed by atoms with Gasteiger partial charge in [0.1, 0.15) is 49.8 Å². The van der Waals surface area contributed by atoms with Crippen molar-refractivity contribution in [1.82, 2.24) is 0 Å². The topological polar surface area (TPSA) is 379 Å². The molecule has 440 valence electrons. The molecule has 0 aliphatic carbocycles. The molecule has 75 heavy (non-hydrogen) atoms. The second-order valence-electron chi connectivity index (χ2n) is 16.5. The number of nitrogens with zero attached hydrogens (tertiary/aromatic N) is 2. The van der Waals surface area contributed by atoms with Gasteiger partial charge in [0, 0.05) is 31.1 Å². The first kappa shape index (κ1) is 91.9. The van der Waals surface area contributed by atoms with Crippen molar-refractivity contribution < 1.29 is 176 Å². The van der Waals surface area contributed by atoms with Crippen LogP contribution in [0.25, 0.3) is 5.53 Å². The van der Waals surface area contributed by atoms with Crippen LogP contribution in [0.3, 0.4) is 0 Å². The van der Waals surface area contributed by atoms with E-state index in [1.807, 2.05) is 0 Å². The molecule has 0 saturated carbocycles. The molecule has 0 aromatic rings. The molecular weight excluding hydrogens is 1230 g/mol. The number of aliphatic hydroxyl groups excluding tert-OH is 1. The van der Waals surface area contributed by atoms with E-state index in [1.54, 1.807) is 69.2 Å². The Bertz CT molecular complexity index is 1320. The molecule has 29 heteroatoms. The van der Waals surface area contributed by atoms with Gasteiger partial charge in [0.25, 0.3) is 0 Å². The maximum Gasteiger partial charge on any atom is 1.00 e. The van der Waals surface area contributed by atoms with Gasteiger partial charge in [-0.2, -0.15) is 4.79 Å². The Morgan fingerprint density at radius 2 is 0.747 bits per heavy atom. The van der Waals surface area contributed by atoms with Crippen LogP contribution in [0, 0.1) is 38.5 Å². The fourth-order valence-corrected chi connectivity index (χ4v) is 3.78. The monoisotopic (exact) mass is 1320 g/mol. The fourth-order valence-electron chi connectivity index (χ4n) is 3.78. The van der Waals surface area contributed by atoms with Crippen molar-refractivity contribution in [2.75, 3.05) is 159 Å². The molecule has 0 rings (SSSR count). The van der Waals surface area contributed by atoms with Crippen LogP contribution in [0.15, 0.2) is 0 Å². The van der Waals surface area contributed by atoms with Crippen molar-refractivity contribution in [3.8, 4) is 0 Å². The maximum absolute atomic E-state index is 11.3. The Morgan fingerprint density at radius 1 is 0.480 bits per heavy atom. The number of rotatable bonds is 38. The molecular formula is C46H90LiN2O25U-. The number of hydrogen-bond donors (Lipinski definition) is 2. The van der Waals surface area contributed by atoms with E-state index in [0.29, 0.717) is 119 Å². The number of Topliss-reactive ketones (excluding diaryl/α,β-unsaturated/α-hetero) is 1. The first-order valence-electron chi connectivity index (χ1n) is 22.6. The van der Waals surface area contributed by atoms with Gasteiger partial charge < -0.3 is 105 Å². The summed E-state index contributed by atoms with van der Waals surface area (Å²) in [7, 11) is 0. The van der Waals surface area contributed by atoms with Crippen LogP contribution in [0.4, 0.5) is 0 Å². The molecule has 0 aliphatic heterocycles. The molecule has 0 radical (unpaired) electrons. The number of esters is 4. The van der Waals surface area contributed by atoms with Gasteiger partial charge in [-0.1, -0.05) is 0 Å². The molecule has 0 fully saturated rings. The third-order valence-electron chi connectivity index (χ3n) is 6.12. The minimum absolute atomic E-state index is 0. The van der Waals surface area contributed by atoms with Crippen LogP contribution in [0.2, 0.25) is 0 Å². The number of carboxylic acids is 1. The Labute approximate surface area is 479 Å². The number of ketones is 1. The van der Waals surface area contributed by atoms with Crippen LogP contribution in [-0.4, -0.2) is 243 Å². The van der Waals surface area contributed by atoms with Crippen molar-refractivity contribution in [1.29, 1.82) is 0 Å². The number of carbonyl (C=O) groups is 6. The maximum atomic E-state index is 11.3. The summed E-state index contributed by atoms with van der Waals surface area (Å²) in [4.78, 5) is 67.2. The van der Waals surface area contributed by atoms with E-state index in [0.717, 1.165) is 0 Å². The van der Waals surface area contributed by atoms with Gasteiger partial charge in [-0.05, 0) is 76.2 Å². The van der Waals surface area contributed by atoms with E-state index < -0.39 is 34.7 Å². The molecule has 0 aliphatic rings. The van der Waals surface area contributed by atoms with Crippen molar-refractivity contribution in [2.45, 2.75) is 93.0 Å². The zero-order valence-corrected chi connectivity index (χ0v) is 51.0. The predicted octanol–water partition coefficient (Wildman–Crippen LogP) is -1.86. The summed E-state index contributed by atoms with van der Waals surface area (Å²) in [6.45, 7) is 25.4. The van der Waals surface area contributed by atoms with Crippen molar-refractivity contribution in [2.24, 2.45) is 0 Å². The number of hydrogen-bond acceptors (Lipinski definition) is 23. The predicted molar refractivity (Wildman–Crippen MR) is 260 cm³/mol. The van der Waals surface area contributed by atoms with Gasteiger partial charge in [-0.15, -0.1) is 0 Å². The summed E-state index contributed by atoms with van der Waals surface area (Å²) >= 11 is 0. The molecule has 0 aromatic heterocycles.